The fourth-order valence-corrected chi connectivity index (χ4v) is 4.91. The van der Waals surface area contributed by atoms with Gasteiger partial charge in [-0.05, 0) is 85.5 Å². The summed E-state index contributed by atoms with van der Waals surface area (Å²) in [5.74, 6) is 2.27. The van der Waals surface area contributed by atoms with Crippen molar-refractivity contribution < 1.29 is 4.39 Å². The van der Waals surface area contributed by atoms with Crippen LogP contribution in [0.25, 0.3) is 21.9 Å². The van der Waals surface area contributed by atoms with Crippen LogP contribution >= 0.6 is 0 Å². The summed E-state index contributed by atoms with van der Waals surface area (Å²) in [4.78, 5) is 12.7. The number of anilines is 1. The van der Waals surface area contributed by atoms with Crippen molar-refractivity contribution in [1.29, 1.82) is 0 Å². The van der Waals surface area contributed by atoms with Crippen LogP contribution in [-0.2, 0) is 0 Å². The van der Waals surface area contributed by atoms with E-state index < -0.39 is 0 Å². The zero-order chi connectivity index (χ0) is 20.0. The van der Waals surface area contributed by atoms with Gasteiger partial charge in [0.15, 0.2) is 0 Å². The van der Waals surface area contributed by atoms with E-state index in [1.807, 2.05) is 24.4 Å². The molecule has 1 aliphatic rings. The van der Waals surface area contributed by atoms with Crippen molar-refractivity contribution in [3.63, 3.8) is 0 Å². The van der Waals surface area contributed by atoms with Gasteiger partial charge in [0.1, 0.15) is 11.6 Å². The van der Waals surface area contributed by atoms with Gasteiger partial charge in [-0.1, -0.05) is 6.92 Å². The molecular weight excluding hydrogens is 363 g/mol. The number of halogens is 1. The minimum absolute atomic E-state index is 0.195. The van der Waals surface area contributed by atoms with Gasteiger partial charge in [0.05, 0.1) is 16.6 Å². The average Bonchev–Trinajstić information content (AvgIpc) is 3.16. The lowest BCUT2D eigenvalue weighted by molar-refractivity contribution is 0.286. The van der Waals surface area contributed by atoms with Crippen LogP contribution in [0.15, 0.2) is 48.7 Å². The summed E-state index contributed by atoms with van der Waals surface area (Å²) >= 11 is 0. The summed E-state index contributed by atoms with van der Waals surface area (Å²) in [5.41, 5.74) is 10.7. The van der Waals surface area contributed by atoms with Gasteiger partial charge in [-0.15, -0.1) is 0 Å². The molecule has 4 aromatic rings. The number of H-pyrrole nitrogens is 1. The Morgan fingerprint density at radius 2 is 1.83 bits per heavy atom. The second kappa shape index (κ2) is 7.14. The van der Waals surface area contributed by atoms with Crippen molar-refractivity contribution in [3.8, 4) is 0 Å². The molecule has 2 heterocycles. The van der Waals surface area contributed by atoms with Crippen LogP contribution in [-0.4, -0.2) is 15.0 Å². The summed E-state index contributed by atoms with van der Waals surface area (Å²) in [6.07, 6.45) is 6.36. The number of nitrogen functional groups attached to an aromatic ring is 1. The molecule has 0 amide bonds. The minimum atomic E-state index is -0.195. The largest absolute Gasteiger partial charge is 0.399 e. The number of benzene rings is 2. The summed E-state index contributed by atoms with van der Waals surface area (Å²) in [5, 5.41) is 0.957. The first kappa shape index (κ1) is 18.1. The predicted octanol–water partition coefficient (Wildman–Crippen LogP) is 5.91. The van der Waals surface area contributed by atoms with Gasteiger partial charge < -0.3 is 10.7 Å². The van der Waals surface area contributed by atoms with Gasteiger partial charge in [0.25, 0.3) is 0 Å². The molecule has 0 bridgehead atoms. The number of rotatable bonds is 3. The Kier molecular flexibility index (Phi) is 4.46. The number of fused-ring (bicyclic) bond motifs is 2. The molecule has 0 aliphatic heterocycles. The third-order valence-electron chi connectivity index (χ3n) is 6.61. The zero-order valence-electron chi connectivity index (χ0n) is 16.5. The van der Waals surface area contributed by atoms with E-state index in [0.29, 0.717) is 17.8 Å². The number of nitrogens with two attached hydrogens (primary N) is 1. The molecule has 0 spiro atoms. The van der Waals surface area contributed by atoms with E-state index in [1.54, 1.807) is 12.1 Å². The number of imidazole rings is 1. The van der Waals surface area contributed by atoms with Crippen molar-refractivity contribution in [2.75, 3.05) is 5.73 Å². The lowest BCUT2D eigenvalue weighted by Gasteiger charge is -2.32. The molecule has 1 atom stereocenters. The minimum Gasteiger partial charge on any atom is -0.399 e. The summed E-state index contributed by atoms with van der Waals surface area (Å²) in [6, 6.07) is 12.8. The molecule has 2 aromatic carbocycles. The molecule has 1 saturated carbocycles. The smallest absolute Gasteiger partial charge is 0.123 e. The van der Waals surface area contributed by atoms with E-state index in [9.17, 15) is 4.39 Å². The van der Waals surface area contributed by atoms with E-state index in [-0.39, 0.29) is 5.82 Å². The number of aromatic amines is 1. The third-order valence-corrected chi connectivity index (χ3v) is 6.61. The molecule has 0 saturated heterocycles. The quantitative estimate of drug-likeness (QED) is 0.429. The van der Waals surface area contributed by atoms with Gasteiger partial charge in [0, 0.05) is 23.2 Å². The zero-order valence-corrected chi connectivity index (χ0v) is 16.5. The third kappa shape index (κ3) is 3.35. The van der Waals surface area contributed by atoms with Crippen LogP contribution < -0.4 is 5.73 Å². The number of hydrogen-bond donors (Lipinski definition) is 2. The fourth-order valence-electron chi connectivity index (χ4n) is 4.91. The highest BCUT2D eigenvalue weighted by Gasteiger charge is 2.29. The molecule has 1 unspecified atom stereocenters. The summed E-state index contributed by atoms with van der Waals surface area (Å²) in [7, 11) is 0. The number of nitrogens with one attached hydrogen (secondary N) is 1. The number of pyridine rings is 1. The van der Waals surface area contributed by atoms with Gasteiger partial charge in [-0.2, -0.15) is 0 Å². The summed E-state index contributed by atoms with van der Waals surface area (Å²) < 4.78 is 13.8. The number of nitrogens with zero attached hydrogens (tertiary/aromatic N) is 2. The maximum Gasteiger partial charge on any atom is 0.123 e. The van der Waals surface area contributed by atoms with Crippen molar-refractivity contribution in [2.45, 2.75) is 44.4 Å². The monoisotopic (exact) mass is 388 g/mol. The number of hydrogen-bond acceptors (Lipinski definition) is 3. The Hall–Kier alpha value is -2.95. The first-order valence-corrected chi connectivity index (χ1v) is 10.4. The normalized spacial score (nSPS) is 20.9. The molecule has 3 N–H and O–H groups in total. The topological polar surface area (TPSA) is 67.6 Å². The number of aromatic nitrogens is 3. The first-order valence-electron chi connectivity index (χ1n) is 10.4. The van der Waals surface area contributed by atoms with Crippen molar-refractivity contribution in [1.82, 2.24) is 15.0 Å². The van der Waals surface area contributed by atoms with Gasteiger partial charge in [0.2, 0.25) is 0 Å². The molecule has 4 nitrogen and oxygen atoms in total. The van der Waals surface area contributed by atoms with E-state index >= 15 is 0 Å². The Bertz CT molecular complexity index is 1170. The Morgan fingerprint density at radius 3 is 2.66 bits per heavy atom. The Labute approximate surface area is 169 Å². The van der Waals surface area contributed by atoms with Crippen molar-refractivity contribution in [2.24, 2.45) is 5.92 Å². The van der Waals surface area contributed by atoms with Crippen LogP contribution in [0.4, 0.5) is 10.1 Å². The van der Waals surface area contributed by atoms with Crippen LogP contribution in [0, 0.1) is 11.7 Å². The van der Waals surface area contributed by atoms with Gasteiger partial charge in [-0.3, -0.25) is 4.98 Å². The van der Waals surface area contributed by atoms with Crippen LogP contribution in [0.5, 0.6) is 0 Å². The Morgan fingerprint density at radius 1 is 1.03 bits per heavy atom. The lowest BCUT2D eigenvalue weighted by Crippen LogP contribution is -2.19. The highest BCUT2D eigenvalue weighted by molar-refractivity contribution is 5.82. The SMILES string of the molecule is CC(c1nc2ccc(N)cc2[nH]1)C1CCC(c2ccnc3ccc(F)cc23)CC1. The Balaban J connectivity index is 1.34. The highest BCUT2D eigenvalue weighted by atomic mass is 19.1. The van der Waals surface area contributed by atoms with Crippen molar-refractivity contribution >= 4 is 27.6 Å². The maximum absolute atomic E-state index is 13.8. The van der Waals surface area contributed by atoms with E-state index in [0.717, 1.165) is 59.1 Å². The molecule has 5 heteroatoms. The highest BCUT2D eigenvalue weighted by Crippen LogP contribution is 2.43. The van der Waals surface area contributed by atoms with Crippen LogP contribution in [0.1, 0.15) is 55.8 Å². The van der Waals surface area contributed by atoms with Crippen molar-refractivity contribution in [3.05, 3.63) is 65.9 Å². The maximum atomic E-state index is 13.8. The molecule has 2 aromatic heterocycles. The molecule has 0 radical (unpaired) electrons. The second-order valence-corrected chi connectivity index (χ2v) is 8.36. The van der Waals surface area contributed by atoms with Gasteiger partial charge >= 0.3 is 0 Å². The first-order chi connectivity index (χ1) is 14.1. The lowest BCUT2D eigenvalue weighted by atomic mass is 9.73. The standard InChI is InChI=1S/C24H25FN4/c1-14(24-28-22-9-7-18(26)13-23(22)29-24)15-2-4-16(5-3-15)19-10-11-27-21-8-6-17(25)12-20(19)21/h6-16H,2-5,26H2,1H3,(H,28,29). The average molecular weight is 388 g/mol. The van der Waals surface area contributed by atoms with Gasteiger partial charge in [-0.25, -0.2) is 9.37 Å². The van der Waals surface area contributed by atoms with E-state index in [2.05, 4.69) is 23.0 Å². The molecule has 1 aliphatic carbocycles. The van der Waals surface area contributed by atoms with Crippen LogP contribution in [0.3, 0.4) is 0 Å². The molecular formula is C24H25FN4. The molecule has 5 rings (SSSR count). The molecule has 148 valence electrons. The van der Waals surface area contributed by atoms with Crippen LogP contribution in [0.2, 0.25) is 0 Å². The second-order valence-electron chi connectivity index (χ2n) is 8.36. The molecule has 1 fully saturated rings. The van der Waals surface area contributed by atoms with E-state index in [4.69, 9.17) is 10.7 Å². The predicted molar refractivity (Wildman–Crippen MR) is 115 cm³/mol. The molecule has 29 heavy (non-hydrogen) atoms. The summed E-state index contributed by atoms with van der Waals surface area (Å²) in [6.45, 7) is 2.27. The van der Waals surface area contributed by atoms with E-state index in [1.165, 1.54) is 11.6 Å². The fraction of sp³-hybridized carbons (Fsp3) is 0.333.